The summed E-state index contributed by atoms with van der Waals surface area (Å²) in [6.07, 6.45) is 0. The minimum Gasteiger partial charge on any atom is -0.463 e. The second kappa shape index (κ2) is 9.46. The Kier molecular flexibility index (Phi) is 6.46. The summed E-state index contributed by atoms with van der Waals surface area (Å²) in [6.45, 7) is 5.60. The number of esters is 2. The number of benzene rings is 2. The molecular weight excluding hydrogens is 444 g/mol. The van der Waals surface area contributed by atoms with E-state index in [9.17, 15) is 9.59 Å². The molecule has 2 aliphatic rings. The first kappa shape index (κ1) is 22.5. The van der Waals surface area contributed by atoms with Gasteiger partial charge in [0.15, 0.2) is 0 Å². The first-order valence-corrected chi connectivity index (χ1v) is 11.0. The number of hydrogen-bond donors (Lipinski definition) is 0. The molecule has 33 heavy (non-hydrogen) atoms. The zero-order valence-electron chi connectivity index (χ0n) is 18.5. The van der Waals surface area contributed by atoms with Crippen molar-refractivity contribution in [2.75, 3.05) is 18.2 Å². The van der Waals surface area contributed by atoms with Crippen LogP contribution in [0.1, 0.15) is 32.4 Å². The largest absolute Gasteiger partial charge is 0.463 e. The second-order valence-electron chi connectivity index (χ2n) is 7.25. The molecule has 0 N–H and O–H groups in total. The Labute approximate surface area is 196 Å². The van der Waals surface area contributed by atoms with Crippen molar-refractivity contribution < 1.29 is 19.1 Å². The van der Waals surface area contributed by atoms with Gasteiger partial charge in [-0.2, -0.15) is 5.01 Å². The fraction of sp³-hybridized carbons (Fsp3) is 0.250. The number of aliphatic imine (C=N–C) groups is 1. The van der Waals surface area contributed by atoms with Crippen molar-refractivity contribution in [2.24, 2.45) is 10.1 Å². The maximum Gasteiger partial charge on any atom is 0.376 e. The van der Waals surface area contributed by atoms with Gasteiger partial charge in [0.2, 0.25) is 11.8 Å². The standard InChI is InChI=1S/C24H23ClN4O4/c1-4-32-22(30)19-15(3)26-24-28(20(19)16-9-7-6-8-10-16)21(23(31)33-5-2)27-29(24)18-13-11-17(25)12-14-18/h6-14,20H,4-5H2,1-3H3/t20-/m1/s1. The highest BCUT2D eigenvalue weighted by Crippen LogP contribution is 2.40. The van der Waals surface area contributed by atoms with Crippen molar-refractivity contribution in [1.82, 2.24) is 4.90 Å². The lowest BCUT2D eigenvalue weighted by molar-refractivity contribution is -0.139. The van der Waals surface area contributed by atoms with Crippen LogP contribution >= 0.6 is 11.6 Å². The molecule has 8 nitrogen and oxygen atoms in total. The molecule has 1 atom stereocenters. The molecule has 9 heteroatoms. The van der Waals surface area contributed by atoms with Crippen molar-refractivity contribution in [3.8, 4) is 0 Å². The molecule has 0 spiro atoms. The van der Waals surface area contributed by atoms with Crippen LogP contribution in [0.4, 0.5) is 5.69 Å². The number of ether oxygens (including phenoxy) is 2. The van der Waals surface area contributed by atoms with Gasteiger partial charge in [0.05, 0.1) is 36.2 Å². The number of amidine groups is 1. The third-order valence-corrected chi connectivity index (χ3v) is 5.41. The Hall–Kier alpha value is -3.65. The van der Waals surface area contributed by atoms with E-state index in [4.69, 9.17) is 21.1 Å². The molecule has 2 heterocycles. The van der Waals surface area contributed by atoms with Crippen LogP contribution in [-0.4, -0.2) is 41.8 Å². The quantitative estimate of drug-likeness (QED) is 0.590. The molecule has 0 fully saturated rings. The van der Waals surface area contributed by atoms with Gasteiger partial charge in [0.25, 0.3) is 0 Å². The third kappa shape index (κ3) is 4.21. The van der Waals surface area contributed by atoms with Gasteiger partial charge in [-0.1, -0.05) is 41.9 Å². The molecule has 0 radical (unpaired) electrons. The first-order valence-electron chi connectivity index (χ1n) is 10.6. The van der Waals surface area contributed by atoms with Crippen LogP contribution in [0.5, 0.6) is 0 Å². The number of carbonyl (C=O) groups excluding carboxylic acids is 2. The fourth-order valence-electron chi connectivity index (χ4n) is 3.77. The van der Waals surface area contributed by atoms with Crippen molar-refractivity contribution in [2.45, 2.75) is 26.8 Å². The molecular formula is C24H23ClN4O4. The lowest BCUT2D eigenvalue weighted by Crippen LogP contribution is -2.47. The van der Waals surface area contributed by atoms with E-state index in [0.29, 0.717) is 27.9 Å². The molecule has 2 aromatic rings. The van der Waals surface area contributed by atoms with Crippen LogP contribution in [-0.2, 0) is 19.1 Å². The Morgan fingerprint density at radius 3 is 2.24 bits per heavy atom. The monoisotopic (exact) mass is 466 g/mol. The van der Waals surface area contributed by atoms with Gasteiger partial charge in [-0.3, -0.25) is 4.90 Å². The van der Waals surface area contributed by atoms with Gasteiger partial charge < -0.3 is 9.47 Å². The first-order chi connectivity index (χ1) is 16.0. The second-order valence-corrected chi connectivity index (χ2v) is 7.68. The number of fused-ring (bicyclic) bond motifs is 1. The van der Waals surface area contributed by atoms with Gasteiger partial charge >= 0.3 is 11.9 Å². The Morgan fingerprint density at radius 2 is 1.61 bits per heavy atom. The molecule has 2 aromatic carbocycles. The van der Waals surface area contributed by atoms with Gasteiger partial charge in [-0.05, 0) is 50.6 Å². The predicted molar refractivity (Wildman–Crippen MR) is 126 cm³/mol. The van der Waals surface area contributed by atoms with E-state index in [1.807, 2.05) is 30.3 Å². The average molecular weight is 467 g/mol. The molecule has 4 rings (SSSR count). The lowest BCUT2D eigenvalue weighted by atomic mass is 9.94. The van der Waals surface area contributed by atoms with Crippen LogP contribution in [0.2, 0.25) is 5.02 Å². The smallest absolute Gasteiger partial charge is 0.376 e. The van der Waals surface area contributed by atoms with Crippen molar-refractivity contribution in [1.29, 1.82) is 0 Å². The number of rotatable bonds is 6. The zero-order valence-corrected chi connectivity index (χ0v) is 19.2. The van der Waals surface area contributed by atoms with E-state index in [0.717, 1.165) is 5.56 Å². The minimum atomic E-state index is -0.682. The highest BCUT2D eigenvalue weighted by Gasteiger charge is 2.47. The SMILES string of the molecule is CCOC(=O)C1=NN(c2ccc(Cl)cc2)C2=NC(C)=C(C(=O)OCC)[C@@H](c3ccccc3)N12. The Bertz CT molecular complexity index is 1160. The maximum atomic E-state index is 13.0. The number of allylic oxidation sites excluding steroid dienone is 1. The van der Waals surface area contributed by atoms with Crippen LogP contribution in [0.15, 0.2) is 76.0 Å². The van der Waals surface area contributed by atoms with Gasteiger partial charge in [0, 0.05) is 5.02 Å². The lowest BCUT2D eigenvalue weighted by Gasteiger charge is -2.35. The van der Waals surface area contributed by atoms with Crippen LogP contribution < -0.4 is 5.01 Å². The van der Waals surface area contributed by atoms with Gasteiger partial charge in [-0.15, -0.1) is 5.10 Å². The molecule has 0 aliphatic carbocycles. The minimum absolute atomic E-state index is 0.0219. The fourth-order valence-corrected chi connectivity index (χ4v) is 3.90. The topological polar surface area (TPSA) is 83.8 Å². The number of halogens is 1. The molecule has 0 saturated heterocycles. The van der Waals surface area contributed by atoms with Crippen LogP contribution in [0.25, 0.3) is 0 Å². The van der Waals surface area contributed by atoms with Gasteiger partial charge in [-0.25, -0.2) is 14.6 Å². The van der Waals surface area contributed by atoms with E-state index in [2.05, 4.69) is 10.1 Å². The average Bonchev–Trinajstić information content (AvgIpc) is 3.18. The molecule has 0 aromatic heterocycles. The predicted octanol–water partition coefficient (Wildman–Crippen LogP) is 4.29. The van der Waals surface area contributed by atoms with Crippen molar-refractivity contribution in [3.05, 3.63) is 76.5 Å². The van der Waals surface area contributed by atoms with Crippen molar-refractivity contribution in [3.63, 3.8) is 0 Å². The summed E-state index contributed by atoms with van der Waals surface area (Å²) < 4.78 is 10.6. The summed E-state index contributed by atoms with van der Waals surface area (Å²) in [4.78, 5) is 32.3. The summed E-state index contributed by atoms with van der Waals surface area (Å²) in [5.41, 5.74) is 2.25. The summed E-state index contributed by atoms with van der Waals surface area (Å²) in [6, 6.07) is 15.7. The molecule has 0 saturated carbocycles. The van der Waals surface area contributed by atoms with Crippen molar-refractivity contribution >= 4 is 41.0 Å². The molecule has 170 valence electrons. The van der Waals surface area contributed by atoms with Gasteiger partial charge in [0.1, 0.15) is 0 Å². The number of anilines is 1. The van der Waals surface area contributed by atoms with E-state index < -0.39 is 18.0 Å². The maximum absolute atomic E-state index is 13.0. The molecule has 0 amide bonds. The summed E-state index contributed by atoms with van der Waals surface area (Å²) in [5.74, 6) is -0.723. The zero-order chi connectivity index (χ0) is 23.5. The molecule has 2 aliphatic heterocycles. The normalized spacial score (nSPS) is 17.4. The number of guanidine groups is 1. The van der Waals surface area contributed by atoms with E-state index in [-0.39, 0.29) is 19.0 Å². The summed E-state index contributed by atoms with van der Waals surface area (Å²) in [7, 11) is 0. The number of carbonyl (C=O) groups is 2. The van der Waals surface area contributed by atoms with Crippen LogP contribution in [0.3, 0.4) is 0 Å². The van der Waals surface area contributed by atoms with E-state index in [1.165, 1.54) is 0 Å². The number of nitrogens with zero attached hydrogens (tertiary/aromatic N) is 4. The van der Waals surface area contributed by atoms with Crippen LogP contribution in [0, 0.1) is 0 Å². The molecule has 0 unspecified atom stereocenters. The molecule has 0 bridgehead atoms. The summed E-state index contributed by atoms with van der Waals surface area (Å²) >= 11 is 6.06. The highest BCUT2D eigenvalue weighted by atomic mass is 35.5. The van der Waals surface area contributed by atoms with E-state index >= 15 is 0 Å². The number of hydrogen-bond acceptors (Lipinski definition) is 8. The highest BCUT2D eigenvalue weighted by molar-refractivity contribution is 6.41. The van der Waals surface area contributed by atoms with E-state index in [1.54, 1.807) is 54.9 Å². The Morgan fingerprint density at radius 1 is 0.970 bits per heavy atom. The number of hydrazone groups is 1. The third-order valence-electron chi connectivity index (χ3n) is 5.16. The Balaban J connectivity index is 1.92. The summed E-state index contributed by atoms with van der Waals surface area (Å²) in [5, 5.41) is 6.66.